The van der Waals surface area contributed by atoms with Crippen LogP contribution in [0.15, 0.2) is 127 Å². The Kier molecular flexibility index (Phi) is 7.22. The molecule has 0 fully saturated rings. The number of nitrogens with one attached hydrogen (secondary N) is 1. The van der Waals surface area contributed by atoms with E-state index in [1.54, 1.807) is 36.7 Å². The first-order valence-corrected chi connectivity index (χ1v) is 16.3. The zero-order valence-electron chi connectivity index (χ0n) is 25.0. The van der Waals surface area contributed by atoms with Gasteiger partial charge in [-0.15, -0.1) is 0 Å². The number of benzene rings is 4. The van der Waals surface area contributed by atoms with Gasteiger partial charge in [0.25, 0.3) is 10.0 Å². The molecule has 1 N–H and O–H groups in total. The molecule has 1 atom stereocenters. The first-order chi connectivity index (χ1) is 21.8. The van der Waals surface area contributed by atoms with Gasteiger partial charge in [-0.25, -0.2) is 12.4 Å². The van der Waals surface area contributed by atoms with Crippen LogP contribution in [0.25, 0.3) is 32.7 Å². The van der Waals surface area contributed by atoms with Crippen molar-refractivity contribution in [2.24, 2.45) is 7.05 Å². The fourth-order valence-corrected chi connectivity index (χ4v) is 7.55. The molecule has 0 unspecified atom stereocenters. The molecule has 1 amide bonds. The molecule has 0 saturated heterocycles. The van der Waals surface area contributed by atoms with Crippen LogP contribution in [0.1, 0.15) is 29.0 Å². The third kappa shape index (κ3) is 5.38. The van der Waals surface area contributed by atoms with E-state index in [1.807, 2.05) is 80.7 Å². The van der Waals surface area contributed by atoms with E-state index in [4.69, 9.17) is 0 Å². The molecule has 0 aliphatic heterocycles. The number of fused-ring (bicyclic) bond motifs is 3. The van der Waals surface area contributed by atoms with E-state index in [0.29, 0.717) is 17.6 Å². The number of anilines is 1. The quantitative estimate of drug-likeness (QED) is 0.192. The van der Waals surface area contributed by atoms with Crippen LogP contribution in [0.4, 0.5) is 5.69 Å². The van der Waals surface area contributed by atoms with Crippen molar-refractivity contribution in [3.8, 4) is 0 Å². The minimum atomic E-state index is -3.82. The topological polar surface area (TPSA) is 86.0 Å². The Hall–Kier alpha value is -5.21. The third-order valence-electron chi connectivity index (χ3n) is 8.52. The number of pyridine rings is 1. The smallest absolute Gasteiger partial charge is 0.268 e. The maximum atomic E-state index is 13.7. The fourth-order valence-electron chi connectivity index (χ4n) is 6.20. The molecular formula is C37H32N4O3S. The molecule has 0 saturated carbocycles. The molecule has 4 aromatic carbocycles. The van der Waals surface area contributed by atoms with Gasteiger partial charge in [-0.3, -0.25) is 9.78 Å². The van der Waals surface area contributed by atoms with Gasteiger partial charge in [0, 0.05) is 53.7 Å². The van der Waals surface area contributed by atoms with E-state index in [0.717, 1.165) is 43.9 Å². The zero-order valence-corrected chi connectivity index (χ0v) is 25.8. The molecule has 0 spiro atoms. The number of aryl methyl sites for hydroxylation is 2. The van der Waals surface area contributed by atoms with Gasteiger partial charge in [-0.1, -0.05) is 66.2 Å². The monoisotopic (exact) mass is 612 g/mol. The lowest BCUT2D eigenvalue weighted by molar-refractivity contribution is -0.116. The summed E-state index contributed by atoms with van der Waals surface area (Å²) < 4.78 is 30.9. The van der Waals surface area contributed by atoms with Crippen molar-refractivity contribution in [2.45, 2.75) is 30.6 Å². The number of hydrogen-bond acceptors (Lipinski definition) is 4. The number of hydrogen-bond donors (Lipinski definition) is 1. The molecule has 7 rings (SSSR count). The third-order valence-corrected chi connectivity index (χ3v) is 10.2. The average molecular weight is 613 g/mol. The molecule has 3 aromatic heterocycles. The Labute approximate surface area is 261 Å². The van der Waals surface area contributed by atoms with Gasteiger partial charge >= 0.3 is 0 Å². The van der Waals surface area contributed by atoms with Crippen LogP contribution in [-0.2, 0) is 28.3 Å². The lowest BCUT2D eigenvalue weighted by Crippen LogP contribution is -2.18. The minimum Gasteiger partial charge on any atom is -0.350 e. The molecular weight excluding hydrogens is 580 g/mol. The van der Waals surface area contributed by atoms with E-state index >= 15 is 0 Å². The highest BCUT2D eigenvalue weighted by Crippen LogP contribution is 2.33. The summed E-state index contributed by atoms with van der Waals surface area (Å²) in [6, 6.07) is 32.4. The molecule has 224 valence electrons. The van der Waals surface area contributed by atoms with Crippen molar-refractivity contribution < 1.29 is 13.2 Å². The van der Waals surface area contributed by atoms with Crippen molar-refractivity contribution in [2.75, 3.05) is 5.32 Å². The van der Waals surface area contributed by atoms with Crippen molar-refractivity contribution in [1.82, 2.24) is 13.5 Å². The Morgan fingerprint density at radius 3 is 2.51 bits per heavy atom. The molecule has 0 aliphatic rings. The Bertz CT molecular complexity index is 2310. The van der Waals surface area contributed by atoms with Gasteiger partial charge in [0.1, 0.15) is 0 Å². The van der Waals surface area contributed by atoms with E-state index < -0.39 is 10.0 Å². The minimum absolute atomic E-state index is 0.138. The van der Waals surface area contributed by atoms with E-state index in [-0.39, 0.29) is 23.1 Å². The average Bonchev–Trinajstić information content (AvgIpc) is 3.62. The van der Waals surface area contributed by atoms with Crippen LogP contribution in [-0.4, -0.2) is 27.8 Å². The normalized spacial score (nSPS) is 12.6. The molecule has 3 heterocycles. The predicted molar refractivity (Wildman–Crippen MR) is 180 cm³/mol. The predicted octanol–water partition coefficient (Wildman–Crippen LogP) is 7.58. The van der Waals surface area contributed by atoms with Crippen molar-refractivity contribution in [3.05, 3.63) is 138 Å². The van der Waals surface area contributed by atoms with Gasteiger partial charge < -0.3 is 9.88 Å². The molecule has 0 bridgehead atoms. The molecule has 8 heteroatoms. The lowest BCUT2D eigenvalue weighted by Gasteiger charge is -2.18. The number of nitrogens with zero attached hydrogens (tertiary/aromatic N) is 3. The second-order valence-corrected chi connectivity index (χ2v) is 13.4. The summed E-state index contributed by atoms with van der Waals surface area (Å²) in [6.07, 6.45) is 6.23. The van der Waals surface area contributed by atoms with Crippen molar-refractivity contribution in [1.29, 1.82) is 0 Å². The Balaban J connectivity index is 1.28. The molecule has 7 nitrogen and oxygen atoms in total. The molecule has 0 aliphatic carbocycles. The second kappa shape index (κ2) is 11.4. The lowest BCUT2D eigenvalue weighted by atomic mass is 9.88. The summed E-state index contributed by atoms with van der Waals surface area (Å²) in [5.74, 6) is -0.366. The summed E-state index contributed by atoms with van der Waals surface area (Å²) >= 11 is 0. The van der Waals surface area contributed by atoms with Crippen LogP contribution < -0.4 is 5.32 Å². The zero-order chi connectivity index (χ0) is 31.1. The second-order valence-electron chi connectivity index (χ2n) is 11.6. The highest BCUT2D eigenvalue weighted by molar-refractivity contribution is 7.90. The van der Waals surface area contributed by atoms with E-state index in [1.165, 1.54) is 3.97 Å². The van der Waals surface area contributed by atoms with Gasteiger partial charge in [0.05, 0.1) is 21.6 Å². The summed E-state index contributed by atoms with van der Waals surface area (Å²) in [6.45, 7) is 1.93. The fraction of sp³-hybridized carbons (Fsp3) is 0.135. The van der Waals surface area contributed by atoms with Crippen molar-refractivity contribution >= 4 is 54.3 Å². The summed E-state index contributed by atoms with van der Waals surface area (Å²) in [5, 5.41) is 5.99. The highest BCUT2D eigenvalue weighted by atomic mass is 32.2. The number of para-hydroxylation sites is 2. The molecule has 45 heavy (non-hydrogen) atoms. The van der Waals surface area contributed by atoms with Crippen LogP contribution in [0.3, 0.4) is 0 Å². The van der Waals surface area contributed by atoms with Crippen LogP contribution in [0.2, 0.25) is 0 Å². The number of amides is 1. The maximum absolute atomic E-state index is 13.7. The first kappa shape index (κ1) is 28.6. The Morgan fingerprint density at radius 2 is 1.67 bits per heavy atom. The van der Waals surface area contributed by atoms with Crippen LogP contribution in [0.5, 0.6) is 0 Å². The van der Waals surface area contributed by atoms with Gasteiger partial charge in [0.15, 0.2) is 0 Å². The van der Waals surface area contributed by atoms with Gasteiger partial charge in [-0.2, -0.15) is 0 Å². The summed E-state index contributed by atoms with van der Waals surface area (Å²) in [4.78, 5) is 18.4. The summed E-state index contributed by atoms with van der Waals surface area (Å²) in [7, 11) is -1.80. The van der Waals surface area contributed by atoms with Crippen LogP contribution in [0, 0.1) is 6.92 Å². The van der Waals surface area contributed by atoms with Gasteiger partial charge in [0.2, 0.25) is 5.91 Å². The number of aromatic nitrogens is 3. The van der Waals surface area contributed by atoms with Crippen LogP contribution >= 0.6 is 0 Å². The largest absolute Gasteiger partial charge is 0.350 e. The standard InChI is InChI=1S/C37H32N4O3S/c1-25-12-16-31(17-13-25)45(43,44)41-20-18-26-14-15-28(22-35(26)41)29(21-30-24-40(2)34-11-4-3-9-32(30)34)23-36(42)39-33-10-5-7-27-8-6-19-38-37(27)33/h3-20,22,24,29H,21,23H2,1-2H3,(H,39,42)/t29-/m1/s1. The SMILES string of the molecule is Cc1ccc(S(=O)(=O)n2ccc3ccc([C@@H](CC(=O)Nc4cccc5cccnc45)Cc4cn(C)c5ccccc45)cc32)cc1. The number of rotatable bonds is 8. The molecule has 0 radical (unpaired) electrons. The number of carbonyl (C=O) groups is 1. The van der Waals surface area contributed by atoms with Crippen molar-refractivity contribution in [3.63, 3.8) is 0 Å². The first-order valence-electron chi connectivity index (χ1n) is 14.9. The van der Waals surface area contributed by atoms with Gasteiger partial charge in [-0.05, 0) is 72.9 Å². The maximum Gasteiger partial charge on any atom is 0.268 e. The highest BCUT2D eigenvalue weighted by Gasteiger charge is 2.23. The van der Waals surface area contributed by atoms with E-state index in [9.17, 15) is 13.2 Å². The van der Waals surface area contributed by atoms with E-state index in [2.05, 4.69) is 33.2 Å². The molecule has 7 aromatic rings. The summed E-state index contributed by atoms with van der Waals surface area (Å²) in [5.41, 5.74) is 6.10. The number of carbonyl (C=O) groups excluding carboxylic acids is 1. The Morgan fingerprint density at radius 1 is 0.867 bits per heavy atom.